The second kappa shape index (κ2) is 11.3. The van der Waals surface area contributed by atoms with Crippen LogP contribution < -0.4 is 16.4 Å². The molecule has 17 heavy (non-hydrogen) atoms. The van der Waals surface area contributed by atoms with Gasteiger partial charge in [0.15, 0.2) is 0 Å². The molecule has 0 heterocycles. The summed E-state index contributed by atoms with van der Waals surface area (Å²) in [7, 11) is 0. The van der Waals surface area contributed by atoms with E-state index >= 15 is 0 Å². The SMILES string of the molecule is CCCCOCCCNC(=O)CNC(=O)CN. The number of ether oxygens (including phenoxy) is 1. The van der Waals surface area contributed by atoms with Gasteiger partial charge in [-0.15, -0.1) is 0 Å². The lowest BCUT2D eigenvalue weighted by atomic mass is 10.3. The quantitative estimate of drug-likeness (QED) is 0.447. The minimum Gasteiger partial charge on any atom is -0.381 e. The molecule has 0 unspecified atom stereocenters. The molecule has 0 aromatic rings. The summed E-state index contributed by atoms with van der Waals surface area (Å²) in [6, 6.07) is 0. The zero-order valence-corrected chi connectivity index (χ0v) is 10.5. The average Bonchev–Trinajstić information content (AvgIpc) is 2.34. The van der Waals surface area contributed by atoms with Crippen LogP contribution in [0.2, 0.25) is 0 Å². The van der Waals surface area contributed by atoms with Crippen molar-refractivity contribution in [2.45, 2.75) is 26.2 Å². The zero-order chi connectivity index (χ0) is 12.9. The van der Waals surface area contributed by atoms with Crippen LogP contribution in [0, 0.1) is 0 Å². The Balaban J connectivity index is 3.25. The molecule has 100 valence electrons. The van der Waals surface area contributed by atoms with Gasteiger partial charge >= 0.3 is 0 Å². The van der Waals surface area contributed by atoms with Crippen LogP contribution in [0.25, 0.3) is 0 Å². The Morgan fingerprint density at radius 3 is 2.47 bits per heavy atom. The fourth-order valence-electron chi connectivity index (χ4n) is 1.06. The minimum absolute atomic E-state index is 0.0211. The molecule has 0 aromatic heterocycles. The van der Waals surface area contributed by atoms with E-state index in [0.29, 0.717) is 13.2 Å². The molecular formula is C11H23N3O3. The molecule has 2 amide bonds. The standard InChI is InChI=1S/C11H23N3O3/c1-2-3-6-17-7-4-5-13-11(16)9-14-10(15)8-12/h2-9,12H2,1H3,(H,13,16)(H,14,15). The number of carbonyl (C=O) groups excluding carboxylic acids is 2. The summed E-state index contributed by atoms with van der Waals surface area (Å²) in [5, 5.41) is 5.07. The van der Waals surface area contributed by atoms with Crippen molar-refractivity contribution in [2.24, 2.45) is 5.73 Å². The Morgan fingerprint density at radius 1 is 1.12 bits per heavy atom. The van der Waals surface area contributed by atoms with Gasteiger partial charge in [0, 0.05) is 19.8 Å². The highest BCUT2D eigenvalue weighted by Crippen LogP contribution is 1.88. The van der Waals surface area contributed by atoms with Crippen LogP contribution in [0.5, 0.6) is 0 Å². The lowest BCUT2D eigenvalue weighted by Crippen LogP contribution is -2.39. The largest absolute Gasteiger partial charge is 0.381 e. The molecule has 6 nitrogen and oxygen atoms in total. The van der Waals surface area contributed by atoms with Gasteiger partial charge in [-0.3, -0.25) is 9.59 Å². The van der Waals surface area contributed by atoms with E-state index < -0.39 is 0 Å². The van der Waals surface area contributed by atoms with E-state index in [9.17, 15) is 9.59 Å². The number of hydrogen-bond acceptors (Lipinski definition) is 4. The Hall–Kier alpha value is -1.14. The topological polar surface area (TPSA) is 93.5 Å². The Labute approximate surface area is 102 Å². The molecule has 0 spiro atoms. The van der Waals surface area contributed by atoms with Crippen LogP contribution in [0.4, 0.5) is 0 Å². The summed E-state index contributed by atoms with van der Waals surface area (Å²) in [5.41, 5.74) is 5.08. The van der Waals surface area contributed by atoms with Crippen molar-refractivity contribution >= 4 is 11.8 Å². The van der Waals surface area contributed by atoms with E-state index in [4.69, 9.17) is 10.5 Å². The van der Waals surface area contributed by atoms with Gasteiger partial charge in [-0.05, 0) is 12.8 Å². The van der Waals surface area contributed by atoms with Crippen LogP contribution in [0.3, 0.4) is 0 Å². The predicted molar refractivity (Wildman–Crippen MR) is 65.4 cm³/mol. The van der Waals surface area contributed by atoms with E-state index in [0.717, 1.165) is 25.9 Å². The molecule has 0 fully saturated rings. The van der Waals surface area contributed by atoms with Crippen molar-refractivity contribution < 1.29 is 14.3 Å². The van der Waals surface area contributed by atoms with Gasteiger partial charge < -0.3 is 21.1 Å². The minimum atomic E-state index is -0.331. The summed E-state index contributed by atoms with van der Waals surface area (Å²) >= 11 is 0. The molecular weight excluding hydrogens is 222 g/mol. The normalized spacial score (nSPS) is 10.0. The Bertz CT molecular complexity index is 222. The van der Waals surface area contributed by atoms with Gasteiger partial charge in [0.2, 0.25) is 11.8 Å². The van der Waals surface area contributed by atoms with Crippen LogP contribution in [0.15, 0.2) is 0 Å². The molecule has 0 aliphatic heterocycles. The van der Waals surface area contributed by atoms with E-state index in [2.05, 4.69) is 17.6 Å². The summed E-state index contributed by atoms with van der Waals surface area (Å²) < 4.78 is 5.33. The van der Waals surface area contributed by atoms with Crippen molar-refractivity contribution in [2.75, 3.05) is 32.8 Å². The van der Waals surface area contributed by atoms with Gasteiger partial charge in [0.1, 0.15) is 0 Å². The molecule has 0 saturated heterocycles. The first kappa shape index (κ1) is 15.9. The van der Waals surface area contributed by atoms with Crippen molar-refractivity contribution in [3.05, 3.63) is 0 Å². The van der Waals surface area contributed by atoms with Gasteiger partial charge in [-0.25, -0.2) is 0 Å². The van der Waals surface area contributed by atoms with Crippen molar-refractivity contribution in [3.8, 4) is 0 Å². The third-order valence-electron chi connectivity index (χ3n) is 2.06. The second-order valence-corrected chi connectivity index (χ2v) is 3.65. The number of amides is 2. The molecule has 0 saturated carbocycles. The lowest BCUT2D eigenvalue weighted by Gasteiger charge is -2.06. The monoisotopic (exact) mass is 245 g/mol. The maximum absolute atomic E-state index is 11.2. The first-order valence-corrected chi connectivity index (χ1v) is 6.02. The summed E-state index contributed by atoms with van der Waals surface area (Å²) in [6.45, 7) is 3.97. The maximum atomic E-state index is 11.2. The van der Waals surface area contributed by atoms with Crippen LogP contribution in [-0.2, 0) is 14.3 Å². The number of carbonyl (C=O) groups is 2. The third kappa shape index (κ3) is 11.1. The maximum Gasteiger partial charge on any atom is 0.239 e. The van der Waals surface area contributed by atoms with Crippen LogP contribution >= 0.6 is 0 Å². The number of nitrogens with two attached hydrogens (primary N) is 1. The first-order chi connectivity index (χ1) is 8.20. The van der Waals surface area contributed by atoms with Gasteiger partial charge in [0.25, 0.3) is 0 Å². The highest BCUT2D eigenvalue weighted by molar-refractivity contribution is 5.85. The lowest BCUT2D eigenvalue weighted by molar-refractivity contribution is -0.125. The predicted octanol–water partition coefficient (Wildman–Crippen LogP) is -0.616. The van der Waals surface area contributed by atoms with Gasteiger partial charge in [0.05, 0.1) is 13.1 Å². The zero-order valence-electron chi connectivity index (χ0n) is 10.5. The number of rotatable bonds is 10. The molecule has 0 atom stereocenters. The van der Waals surface area contributed by atoms with E-state index in [1.165, 1.54) is 0 Å². The first-order valence-electron chi connectivity index (χ1n) is 6.02. The van der Waals surface area contributed by atoms with Crippen LogP contribution in [0.1, 0.15) is 26.2 Å². The molecule has 4 N–H and O–H groups in total. The fraction of sp³-hybridized carbons (Fsp3) is 0.818. The van der Waals surface area contributed by atoms with Gasteiger partial charge in [-0.2, -0.15) is 0 Å². The van der Waals surface area contributed by atoms with E-state index in [-0.39, 0.29) is 24.9 Å². The third-order valence-corrected chi connectivity index (χ3v) is 2.06. The highest BCUT2D eigenvalue weighted by atomic mass is 16.5. The molecule has 0 aromatic carbocycles. The Kier molecular flexibility index (Phi) is 10.6. The summed E-state index contributed by atoms with van der Waals surface area (Å²) in [6.07, 6.45) is 2.97. The molecule has 0 aliphatic carbocycles. The van der Waals surface area contributed by atoms with Crippen LogP contribution in [-0.4, -0.2) is 44.7 Å². The molecule has 0 aliphatic rings. The van der Waals surface area contributed by atoms with E-state index in [1.54, 1.807) is 0 Å². The number of nitrogens with one attached hydrogen (secondary N) is 2. The smallest absolute Gasteiger partial charge is 0.239 e. The Morgan fingerprint density at radius 2 is 1.82 bits per heavy atom. The average molecular weight is 245 g/mol. The second-order valence-electron chi connectivity index (χ2n) is 3.65. The summed E-state index contributed by atoms with van der Waals surface area (Å²) in [4.78, 5) is 21.9. The molecule has 0 bridgehead atoms. The number of hydrogen-bond donors (Lipinski definition) is 3. The summed E-state index contributed by atoms with van der Waals surface area (Å²) in [5.74, 6) is -0.539. The molecule has 0 rings (SSSR count). The number of unbranched alkanes of at least 4 members (excludes halogenated alkanes) is 1. The highest BCUT2D eigenvalue weighted by Gasteiger charge is 2.02. The molecule has 0 radical (unpaired) electrons. The molecule has 6 heteroatoms. The van der Waals surface area contributed by atoms with E-state index in [1.807, 2.05) is 0 Å². The van der Waals surface area contributed by atoms with Crippen molar-refractivity contribution in [1.82, 2.24) is 10.6 Å². The fourth-order valence-corrected chi connectivity index (χ4v) is 1.06. The van der Waals surface area contributed by atoms with Gasteiger partial charge in [-0.1, -0.05) is 13.3 Å². The van der Waals surface area contributed by atoms with Crippen molar-refractivity contribution in [3.63, 3.8) is 0 Å². The van der Waals surface area contributed by atoms with Crippen molar-refractivity contribution in [1.29, 1.82) is 0 Å².